The van der Waals surface area contributed by atoms with E-state index in [0.29, 0.717) is 0 Å². The predicted octanol–water partition coefficient (Wildman–Crippen LogP) is 1.00. The van der Waals surface area contributed by atoms with Gasteiger partial charge >= 0.3 is 0 Å². The minimum atomic E-state index is -0.324. The van der Waals surface area contributed by atoms with Gasteiger partial charge in [-0.2, -0.15) is 0 Å². The van der Waals surface area contributed by atoms with Gasteiger partial charge in [-0.3, -0.25) is 4.79 Å². The highest BCUT2D eigenvalue weighted by Gasteiger charge is 2.07. The minimum Gasteiger partial charge on any atom is -0.289 e. The first-order valence-corrected chi connectivity index (χ1v) is 2.56. The molecule has 1 unspecified atom stereocenters. The molecular formula is C7H9O. The van der Waals surface area contributed by atoms with Crippen LogP contribution in [0.3, 0.4) is 0 Å². The standard InChI is InChI=1S/C7H9O/c1-4-7(5-8)6(2)3/h1,6-7H,2-3H3. The van der Waals surface area contributed by atoms with Crippen molar-refractivity contribution in [2.45, 2.75) is 13.8 Å². The number of terminal acetylenes is 1. The second kappa shape index (κ2) is 3.26. The first kappa shape index (κ1) is 7.23. The van der Waals surface area contributed by atoms with Gasteiger partial charge in [0.15, 0.2) is 0 Å². The van der Waals surface area contributed by atoms with E-state index in [4.69, 9.17) is 6.42 Å². The average Bonchev–Trinajstić information content (AvgIpc) is 1.69. The molecule has 0 spiro atoms. The zero-order valence-electron chi connectivity index (χ0n) is 5.14. The molecule has 0 N–H and O–H groups in total. The van der Waals surface area contributed by atoms with Crippen molar-refractivity contribution in [3.8, 4) is 12.3 Å². The van der Waals surface area contributed by atoms with Crippen molar-refractivity contribution in [3.05, 3.63) is 0 Å². The molecule has 1 atom stereocenters. The molecule has 1 nitrogen and oxygen atoms in total. The van der Waals surface area contributed by atoms with E-state index in [0.717, 1.165) is 0 Å². The quantitative estimate of drug-likeness (QED) is 0.483. The van der Waals surface area contributed by atoms with E-state index < -0.39 is 0 Å². The van der Waals surface area contributed by atoms with Gasteiger partial charge in [-0.1, -0.05) is 19.8 Å². The van der Waals surface area contributed by atoms with Crippen molar-refractivity contribution in [3.63, 3.8) is 0 Å². The Kier molecular flexibility index (Phi) is 2.95. The van der Waals surface area contributed by atoms with Crippen LogP contribution in [0.15, 0.2) is 0 Å². The van der Waals surface area contributed by atoms with E-state index in [1.165, 1.54) is 0 Å². The molecule has 0 rings (SSSR count). The van der Waals surface area contributed by atoms with Crippen LogP contribution in [-0.4, -0.2) is 6.29 Å². The van der Waals surface area contributed by atoms with Crippen LogP contribution in [0, 0.1) is 24.2 Å². The van der Waals surface area contributed by atoms with Crippen molar-refractivity contribution < 1.29 is 4.79 Å². The Morgan fingerprint density at radius 1 is 1.50 bits per heavy atom. The lowest BCUT2D eigenvalue weighted by Crippen LogP contribution is -2.06. The first-order chi connectivity index (χ1) is 3.72. The van der Waals surface area contributed by atoms with Crippen LogP contribution >= 0.6 is 0 Å². The highest BCUT2D eigenvalue weighted by atomic mass is 16.1. The maximum atomic E-state index is 9.91. The Balaban J connectivity index is 3.74. The summed E-state index contributed by atoms with van der Waals surface area (Å²) in [5, 5.41) is 0. The molecule has 0 aromatic rings. The molecule has 0 aliphatic rings. The maximum absolute atomic E-state index is 9.91. The molecule has 0 fully saturated rings. The predicted molar refractivity (Wildman–Crippen MR) is 32.9 cm³/mol. The molecule has 0 amide bonds. The van der Waals surface area contributed by atoms with Crippen LogP contribution in [0.25, 0.3) is 0 Å². The van der Waals surface area contributed by atoms with Crippen LogP contribution in [0.1, 0.15) is 13.8 Å². The molecule has 0 saturated carbocycles. The third-order valence-corrected chi connectivity index (χ3v) is 0.973. The zero-order chi connectivity index (χ0) is 6.57. The largest absolute Gasteiger partial charge is 0.289 e. The van der Waals surface area contributed by atoms with Crippen LogP contribution in [0.4, 0.5) is 0 Å². The van der Waals surface area contributed by atoms with Crippen molar-refractivity contribution in [1.82, 2.24) is 0 Å². The van der Waals surface area contributed by atoms with Crippen LogP contribution in [0.2, 0.25) is 0 Å². The lowest BCUT2D eigenvalue weighted by molar-refractivity contribution is 0.502. The van der Waals surface area contributed by atoms with E-state index in [1.807, 2.05) is 13.8 Å². The van der Waals surface area contributed by atoms with E-state index in [2.05, 4.69) is 5.92 Å². The van der Waals surface area contributed by atoms with E-state index >= 15 is 0 Å². The van der Waals surface area contributed by atoms with Crippen molar-refractivity contribution in [1.29, 1.82) is 0 Å². The third kappa shape index (κ3) is 1.79. The molecule has 8 heavy (non-hydrogen) atoms. The Morgan fingerprint density at radius 2 is 2.00 bits per heavy atom. The molecular weight excluding hydrogens is 100 g/mol. The van der Waals surface area contributed by atoms with Gasteiger partial charge in [-0.15, -0.1) is 6.42 Å². The van der Waals surface area contributed by atoms with E-state index in [1.54, 1.807) is 6.29 Å². The minimum absolute atomic E-state index is 0.220. The molecule has 43 valence electrons. The number of hydrogen-bond donors (Lipinski definition) is 0. The third-order valence-electron chi connectivity index (χ3n) is 0.973. The highest BCUT2D eigenvalue weighted by molar-refractivity contribution is 5.59. The van der Waals surface area contributed by atoms with Gasteiger partial charge in [0.25, 0.3) is 0 Å². The van der Waals surface area contributed by atoms with Crippen LogP contribution in [0.5, 0.6) is 0 Å². The molecule has 0 aromatic carbocycles. The molecule has 1 radical (unpaired) electrons. The van der Waals surface area contributed by atoms with Gasteiger partial charge in [-0.05, 0) is 5.92 Å². The summed E-state index contributed by atoms with van der Waals surface area (Å²) in [7, 11) is 0. The summed E-state index contributed by atoms with van der Waals surface area (Å²) < 4.78 is 0. The molecule has 0 aliphatic heterocycles. The van der Waals surface area contributed by atoms with Crippen LogP contribution in [-0.2, 0) is 4.79 Å². The summed E-state index contributed by atoms with van der Waals surface area (Å²) in [5.74, 6) is 2.22. The van der Waals surface area contributed by atoms with Gasteiger partial charge in [0.2, 0.25) is 6.29 Å². The molecule has 1 heteroatoms. The van der Waals surface area contributed by atoms with Gasteiger partial charge < -0.3 is 0 Å². The SMILES string of the molecule is C#CC([C]=O)C(C)C. The molecule has 0 saturated heterocycles. The summed E-state index contributed by atoms with van der Waals surface area (Å²) in [6.07, 6.45) is 6.74. The summed E-state index contributed by atoms with van der Waals surface area (Å²) in [5.41, 5.74) is 0. The summed E-state index contributed by atoms with van der Waals surface area (Å²) >= 11 is 0. The second-order valence-corrected chi connectivity index (χ2v) is 2.01. The Morgan fingerprint density at radius 3 is 2.00 bits per heavy atom. The average molecular weight is 109 g/mol. The smallest absolute Gasteiger partial charge is 0.214 e. The topological polar surface area (TPSA) is 17.1 Å². The summed E-state index contributed by atoms with van der Waals surface area (Å²) in [4.78, 5) is 9.91. The fourth-order valence-corrected chi connectivity index (χ4v) is 0.363. The fourth-order valence-electron chi connectivity index (χ4n) is 0.363. The van der Waals surface area contributed by atoms with E-state index in [-0.39, 0.29) is 11.8 Å². The monoisotopic (exact) mass is 109 g/mol. The van der Waals surface area contributed by atoms with Crippen molar-refractivity contribution in [2.75, 3.05) is 0 Å². The normalized spacial score (nSPS) is 12.8. The number of rotatable bonds is 2. The zero-order valence-corrected chi connectivity index (χ0v) is 5.14. The van der Waals surface area contributed by atoms with Gasteiger partial charge in [0, 0.05) is 0 Å². The Hall–Kier alpha value is -0.770. The molecule has 0 heterocycles. The fraction of sp³-hybridized carbons (Fsp3) is 0.571. The summed E-state index contributed by atoms with van der Waals surface area (Å²) in [6, 6.07) is 0. The van der Waals surface area contributed by atoms with Crippen molar-refractivity contribution in [2.24, 2.45) is 11.8 Å². The lowest BCUT2D eigenvalue weighted by atomic mass is 9.99. The Bertz CT molecular complexity index is 108. The second-order valence-electron chi connectivity index (χ2n) is 2.01. The van der Waals surface area contributed by atoms with Crippen molar-refractivity contribution >= 4 is 6.29 Å². The number of hydrogen-bond acceptors (Lipinski definition) is 1. The highest BCUT2D eigenvalue weighted by Crippen LogP contribution is 2.04. The summed E-state index contributed by atoms with van der Waals surface area (Å²) in [6.45, 7) is 3.80. The van der Waals surface area contributed by atoms with Crippen LogP contribution < -0.4 is 0 Å². The van der Waals surface area contributed by atoms with Gasteiger partial charge in [-0.25, -0.2) is 0 Å². The Labute approximate surface area is 50.1 Å². The molecule has 0 bridgehead atoms. The van der Waals surface area contributed by atoms with E-state index in [9.17, 15) is 4.79 Å². The number of carbonyl (C=O) groups excluding carboxylic acids is 1. The van der Waals surface area contributed by atoms with Gasteiger partial charge in [0.1, 0.15) is 0 Å². The molecule has 0 aliphatic carbocycles. The van der Waals surface area contributed by atoms with Gasteiger partial charge in [0.05, 0.1) is 5.92 Å². The lowest BCUT2D eigenvalue weighted by Gasteiger charge is -2.02. The first-order valence-electron chi connectivity index (χ1n) is 2.56. The molecule has 0 aromatic heterocycles. The maximum Gasteiger partial charge on any atom is 0.214 e.